The van der Waals surface area contributed by atoms with Gasteiger partial charge in [0.05, 0.1) is 12.0 Å². The Kier molecular flexibility index (Phi) is 5.37. The van der Waals surface area contributed by atoms with E-state index in [0.29, 0.717) is 11.3 Å². The predicted octanol–water partition coefficient (Wildman–Crippen LogP) is 1.49. The second-order valence-corrected chi connectivity index (χ2v) is 5.50. The van der Waals surface area contributed by atoms with Gasteiger partial charge in [0.1, 0.15) is 0 Å². The summed E-state index contributed by atoms with van der Waals surface area (Å²) in [5, 5.41) is 6.73. The number of nitrogens with zero attached hydrogens (tertiary/aromatic N) is 2. The Hall–Kier alpha value is -2.24. The average molecular weight is 276 g/mol. The Balaban J connectivity index is 2.50. The lowest BCUT2D eigenvalue weighted by molar-refractivity contribution is -0.121. The molecule has 20 heavy (non-hydrogen) atoms. The number of hydrazone groups is 1. The minimum absolute atomic E-state index is 0.130. The van der Waals surface area contributed by atoms with Gasteiger partial charge in [-0.15, -0.1) is 0 Å². The van der Waals surface area contributed by atoms with Crippen molar-refractivity contribution in [3.63, 3.8) is 0 Å². The largest absolute Gasteiger partial charge is 0.351 e. The fourth-order valence-corrected chi connectivity index (χ4v) is 1.44. The number of hydrogen-bond donors (Lipinski definition) is 2. The third-order valence-electron chi connectivity index (χ3n) is 2.20. The first-order chi connectivity index (χ1) is 9.28. The first-order valence-corrected chi connectivity index (χ1v) is 6.32. The molecule has 1 rings (SSSR count). The third-order valence-corrected chi connectivity index (χ3v) is 2.20. The van der Waals surface area contributed by atoms with Crippen LogP contribution in [0.25, 0.3) is 0 Å². The molecule has 0 aromatic carbocycles. The summed E-state index contributed by atoms with van der Waals surface area (Å²) in [6.07, 6.45) is 3.18. The predicted molar refractivity (Wildman–Crippen MR) is 77.3 cm³/mol. The average Bonchev–Trinajstić information content (AvgIpc) is 2.34. The minimum atomic E-state index is -0.353. The highest BCUT2D eigenvalue weighted by atomic mass is 16.2. The van der Waals surface area contributed by atoms with Crippen LogP contribution in [0.1, 0.15) is 44.5 Å². The molecule has 1 aromatic heterocycles. The van der Waals surface area contributed by atoms with Crippen molar-refractivity contribution in [2.45, 2.75) is 39.7 Å². The van der Waals surface area contributed by atoms with Crippen molar-refractivity contribution in [1.29, 1.82) is 0 Å². The van der Waals surface area contributed by atoms with Crippen LogP contribution in [0.15, 0.2) is 29.6 Å². The monoisotopic (exact) mass is 276 g/mol. The summed E-state index contributed by atoms with van der Waals surface area (Å²) in [6.45, 7) is 7.40. The molecule has 108 valence electrons. The van der Waals surface area contributed by atoms with Crippen molar-refractivity contribution >= 4 is 17.5 Å². The highest BCUT2D eigenvalue weighted by Crippen LogP contribution is 2.00. The molecule has 1 aromatic rings. The highest BCUT2D eigenvalue weighted by Gasteiger charge is 2.14. The molecule has 0 aliphatic carbocycles. The Morgan fingerprint density at radius 1 is 1.35 bits per heavy atom. The Bertz CT molecular complexity index is 504. The van der Waals surface area contributed by atoms with Crippen LogP contribution in [-0.4, -0.2) is 28.0 Å². The van der Waals surface area contributed by atoms with E-state index < -0.39 is 0 Å². The molecular weight excluding hydrogens is 256 g/mol. The molecule has 0 spiro atoms. The molecule has 0 radical (unpaired) electrons. The first kappa shape index (κ1) is 15.8. The van der Waals surface area contributed by atoms with E-state index in [2.05, 4.69) is 20.8 Å². The molecule has 1 heterocycles. The lowest BCUT2D eigenvalue weighted by Crippen LogP contribution is -2.41. The van der Waals surface area contributed by atoms with E-state index in [1.807, 2.05) is 20.8 Å². The minimum Gasteiger partial charge on any atom is -0.351 e. The maximum Gasteiger partial charge on any atom is 0.272 e. The zero-order valence-corrected chi connectivity index (χ0v) is 12.2. The van der Waals surface area contributed by atoms with Crippen molar-refractivity contribution < 1.29 is 9.59 Å². The summed E-state index contributed by atoms with van der Waals surface area (Å²) in [7, 11) is 0. The van der Waals surface area contributed by atoms with Gasteiger partial charge in [-0.25, -0.2) is 5.43 Å². The second-order valence-electron chi connectivity index (χ2n) is 5.50. The number of carbonyl (C=O) groups excluding carboxylic acids is 2. The molecule has 0 aliphatic rings. The number of rotatable bonds is 4. The quantitative estimate of drug-likeness (QED) is 0.645. The van der Waals surface area contributed by atoms with Crippen LogP contribution in [0.4, 0.5) is 0 Å². The summed E-state index contributed by atoms with van der Waals surface area (Å²) < 4.78 is 0. The maximum atomic E-state index is 11.7. The van der Waals surface area contributed by atoms with Gasteiger partial charge in [-0.3, -0.25) is 14.6 Å². The second kappa shape index (κ2) is 6.79. The van der Waals surface area contributed by atoms with Gasteiger partial charge in [-0.1, -0.05) is 0 Å². The number of carbonyl (C=O) groups is 2. The van der Waals surface area contributed by atoms with E-state index in [1.165, 1.54) is 6.20 Å². The molecule has 0 saturated carbocycles. The van der Waals surface area contributed by atoms with Crippen LogP contribution in [0.3, 0.4) is 0 Å². The molecular formula is C14H20N4O2. The van der Waals surface area contributed by atoms with E-state index in [9.17, 15) is 9.59 Å². The summed E-state index contributed by atoms with van der Waals surface area (Å²) in [6, 6.07) is 3.31. The topological polar surface area (TPSA) is 83.5 Å². The van der Waals surface area contributed by atoms with Crippen LogP contribution in [-0.2, 0) is 4.79 Å². The fourth-order valence-electron chi connectivity index (χ4n) is 1.44. The van der Waals surface area contributed by atoms with Crippen LogP contribution in [0.2, 0.25) is 0 Å². The highest BCUT2D eigenvalue weighted by molar-refractivity contribution is 6.01. The molecule has 0 aliphatic heterocycles. The molecule has 2 N–H and O–H groups in total. The van der Waals surface area contributed by atoms with E-state index in [-0.39, 0.29) is 23.8 Å². The molecule has 0 atom stereocenters. The molecule has 0 unspecified atom stereocenters. The van der Waals surface area contributed by atoms with E-state index in [0.717, 1.165) is 0 Å². The number of aromatic nitrogens is 1. The van der Waals surface area contributed by atoms with Crippen molar-refractivity contribution in [2.24, 2.45) is 5.10 Å². The van der Waals surface area contributed by atoms with Gasteiger partial charge in [0.15, 0.2) is 0 Å². The van der Waals surface area contributed by atoms with E-state index >= 15 is 0 Å². The molecule has 6 nitrogen and oxygen atoms in total. The first-order valence-electron chi connectivity index (χ1n) is 6.32. The van der Waals surface area contributed by atoms with Crippen LogP contribution >= 0.6 is 0 Å². The molecule has 0 fully saturated rings. The summed E-state index contributed by atoms with van der Waals surface area (Å²) >= 11 is 0. The molecule has 2 amide bonds. The van der Waals surface area contributed by atoms with E-state index in [4.69, 9.17) is 0 Å². The van der Waals surface area contributed by atoms with Crippen molar-refractivity contribution in [2.75, 3.05) is 0 Å². The van der Waals surface area contributed by atoms with E-state index in [1.54, 1.807) is 25.3 Å². The fraction of sp³-hybridized carbons (Fsp3) is 0.429. The normalized spacial score (nSPS) is 11.9. The van der Waals surface area contributed by atoms with Crippen LogP contribution in [0.5, 0.6) is 0 Å². The van der Waals surface area contributed by atoms with Crippen molar-refractivity contribution in [3.05, 3.63) is 30.1 Å². The van der Waals surface area contributed by atoms with Gasteiger partial charge in [-0.05, 0) is 39.8 Å². The summed E-state index contributed by atoms with van der Waals surface area (Å²) in [5.74, 6) is -0.483. The lowest BCUT2D eigenvalue weighted by atomic mass is 10.1. The van der Waals surface area contributed by atoms with Gasteiger partial charge >= 0.3 is 0 Å². The Labute approximate surface area is 118 Å². The maximum absolute atomic E-state index is 11.7. The zero-order chi connectivity index (χ0) is 15.2. The lowest BCUT2D eigenvalue weighted by Gasteiger charge is -2.20. The SMILES string of the molecule is CC(CC(=O)NC(C)(C)C)=NNC(=O)c1cccnc1. The molecule has 0 bridgehead atoms. The number of hydrogen-bond acceptors (Lipinski definition) is 4. The van der Waals surface area contributed by atoms with Crippen LogP contribution < -0.4 is 10.7 Å². The van der Waals surface area contributed by atoms with Gasteiger partial charge in [-0.2, -0.15) is 5.10 Å². The third kappa shape index (κ3) is 6.08. The van der Waals surface area contributed by atoms with Crippen molar-refractivity contribution in [3.8, 4) is 0 Å². The molecule has 0 saturated heterocycles. The Morgan fingerprint density at radius 2 is 2.05 bits per heavy atom. The molecule has 6 heteroatoms. The zero-order valence-electron chi connectivity index (χ0n) is 12.2. The van der Waals surface area contributed by atoms with Gasteiger partial charge in [0, 0.05) is 23.6 Å². The Morgan fingerprint density at radius 3 is 2.60 bits per heavy atom. The van der Waals surface area contributed by atoms with Gasteiger partial charge in [0.25, 0.3) is 5.91 Å². The smallest absolute Gasteiger partial charge is 0.272 e. The van der Waals surface area contributed by atoms with Crippen LogP contribution in [0, 0.1) is 0 Å². The number of nitrogens with one attached hydrogen (secondary N) is 2. The standard InChI is InChI=1S/C14H20N4O2/c1-10(8-12(19)16-14(2,3)4)17-18-13(20)11-6-5-7-15-9-11/h5-7,9H,8H2,1-4H3,(H,16,19)(H,18,20). The van der Waals surface area contributed by atoms with Gasteiger partial charge < -0.3 is 5.32 Å². The number of pyridine rings is 1. The van der Waals surface area contributed by atoms with Gasteiger partial charge in [0.2, 0.25) is 5.91 Å². The summed E-state index contributed by atoms with van der Waals surface area (Å²) in [4.78, 5) is 27.2. The number of amides is 2. The summed E-state index contributed by atoms with van der Waals surface area (Å²) in [5.41, 5.74) is 3.07. The van der Waals surface area contributed by atoms with Crippen molar-refractivity contribution in [1.82, 2.24) is 15.7 Å².